The summed E-state index contributed by atoms with van der Waals surface area (Å²) in [6.07, 6.45) is 11.7. The number of nitrogens with two attached hydrogens (primary N) is 1. The first-order valence-electron chi connectivity index (χ1n) is 7.82. The van der Waals surface area contributed by atoms with Gasteiger partial charge in [0.25, 0.3) is 0 Å². The summed E-state index contributed by atoms with van der Waals surface area (Å²) in [5.41, 5.74) is 5.47. The highest BCUT2D eigenvalue weighted by molar-refractivity contribution is 5.85. The van der Waals surface area contributed by atoms with E-state index in [0.29, 0.717) is 11.9 Å². The Morgan fingerprint density at radius 2 is 1.79 bits per heavy atom. The van der Waals surface area contributed by atoms with E-state index in [4.69, 9.17) is 5.73 Å². The number of carbonyl (C=O) groups is 1. The van der Waals surface area contributed by atoms with Crippen molar-refractivity contribution in [1.82, 2.24) is 4.90 Å². The van der Waals surface area contributed by atoms with Crippen LogP contribution in [0.5, 0.6) is 0 Å². The quantitative estimate of drug-likeness (QED) is 0.764. The minimum Gasteiger partial charge on any atom is -0.339 e. The number of unbranched alkanes of at least 4 members (excludes halogenated alkanes) is 3. The third kappa shape index (κ3) is 4.64. The van der Waals surface area contributed by atoms with Gasteiger partial charge in [-0.3, -0.25) is 4.79 Å². The number of likely N-dealkylation sites (tertiary alicyclic amines) is 1. The molecule has 1 heterocycles. The van der Waals surface area contributed by atoms with Gasteiger partial charge >= 0.3 is 0 Å². The van der Waals surface area contributed by atoms with Gasteiger partial charge in [0, 0.05) is 19.0 Å². The molecule has 19 heavy (non-hydrogen) atoms. The van der Waals surface area contributed by atoms with E-state index < -0.39 is 0 Å². The summed E-state index contributed by atoms with van der Waals surface area (Å²) >= 11 is 0. The molecule has 2 unspecified atom stereocenters. The summed E-state index contributed by atoms with van der Waals surface area (Å²) in [7, 11) is 0. The van der Waals surface area contributed by atoms with Gasteiger partial charge in [-0.25, -0.2) is 0 Å². The monoisotopic (exact) mass is 288 g/mol. The van der Waals surface area contributed by atoms with Gasteiger partial charge in [0.05, 0.1) is 0 Å². The van der Waals surface area contributed by atoms with Crippen molar-refractivity contribution in [3.05, 3.63) is 0 Å². The molecule has 1 aliphatic carbocycles. The molecule has 2 N–H and O–H groups in total. The summed E-state index contributed by atoms with van der Waals surface area (Å²) in [5, 5.41) is 0. The van der Waals surface area contributed by atoms with Crippen molar-refractivity contribution in [3.63, 3.8) is 0 Å². The average molecular weight is 289 g/mol. The van der Waals surface area contributed by atoms with Crippen LogP contribution in [-0.4, -0.2) is 29.9 Å². The molecule has 2 atom stereocenters. The van der Waals surface area contributed by atoms with Crippen LogP contribution >= 0.6 is 12.4 Å². The topological polar surface area (TPSA) is 46.3 Å². The first-order chi connectivity index (χ1) is 8.83. The SMILES string of the molecule is Cl.NCCCCCCC(=O)N1CCCC2CCCC21. The molecule has 1 aliphatic heterocycles. The molecule has 1 saturated carbocycles. The minimum atomic E-state index is 0. The van der Waals surface area contributed by atoms with Crippen LogP contribution in [0.3, 0.4) is 0 Å². The lowest BCUT2D eigenvalue weighted by Gasteiger charge is -2.38. The van der Waals surface area contributed by atoms with Crippen LogP contribution in [0.2, 0.25) is 0 Å². The molecule has 2 aliphatic rings. The number of nitrogens with zero attached hydrogens (tertiary/aromatic N) is 1. The Morgan fingerprint density at radius 3 is 2.58 bits per heavy atom. The summed E-state index contributed by atoms with van der Waals surface area (Å²) in [4.78, 5) is 14.5. The van der Waals surface area contributed by atoms with Crippen molar-refractivity contribution >= 4 is 18.3 Å². The third-order valence-corrected chi connectivity index (χ3v) is 4.66. The van der Waals surface area contributed by atoms with E-state index in [9.17, 15) is 4.79 Å². The van der Waals surface area contributed by atoms with Crippen LogP contribution in [0.4, 0.5) is 0 Å². The second-order valence-corrected chi connectivity index (χ2v) is 5.94. The molecular formula is C15H29ClN2O. The van der Waals surface area contributed by atoms with E-state index >= 15 is 0 Å². The summed E-state index contributed by atoms with van der Waals surface area (Å²) < 4.78 is 0. The molecule has 4 heteroatoms. The van der Waals surface area contributed by atoms with Gasteiger partial charge in [-0.15, -0.1) is 12.4 Å². The summed E-state index contributed by atoms with van der Waals surface area (Å²) in [6.45, 7) is 1.80. The maximum atomic E-state index is 12.3. The normalized spacial score (nSPS) is 25.8. The van der Waals surface area contributed by atoms with E-state index in [1.54, 1.807) is 0 Å². The lowest BCUT2D eigenvalue weighted by molar-refractivity contribution is -0.136. The zero-order valence-electron chi connectivity index (χ0n) is 12.0. The van der Waals surface area contributed by atoms with E-state index in [0.717, 1.165) is 44.7 Å². The number of piperidine rings is 1. The molecule has 2 rings (SSSR count). The molecule has 0 spiro atoms. The second kappa shape index (κ2) is 8.80. The second-order valence-electron chi connectivity index (χ2n) is 5.94. The Balaban J connectivity index is 0.00000180. The zero-order chi connectivity index (χ0) is 12.8. The highest BCUT2D eigenvalue weighted by Crippen LogP contribution is 2.37. The van der Waals surface area contributed by atoms with Crippen LogP contribution in [-0.2, 0) is 4.79 Å². The lowest BCUT2D eigenvalue weighted by Crippen LogP contribution is -2.46. The van der Waals surface area contributed by atoms with Crippen molar-refractivity contribution in [3.8, 4) is 0 Å². The van der Waals surface area contributed by atoms with Crippen LogP contribution in [0.15, 0.2) is 0 Å². The van der Waals surface area contributed by atoms with Gasteiger partial charge in [-0.05, 0) is 51.0 Å². The molecule has 0 aromatic carbocycles. The molecule has 0 bridgehead atoms. The Kier molecular flexibility index (Phi) is 7.77. The molecule has 1 amide bonds. The predicted octanol–water partition coefficient (Wildman–Crippen LogP) is 3.11. The van der Waals surface area contributed by atoms with Gasteiger partial charge in [0.2, 0.25) is 5.91 Å². The zero-order valence-corrected chi connectivity index (χ0v) is 12.8. The van der Waals surface area contributed by atoms with E-state index in [2.05, 4.69) is 4.90 Å². The Hall–Kier alpha value is -0.280. The molecule has 2 fully saturated rings. The predicted molar refractivity (Wildman–Crippen MR) is 81.5 cm³/mol. The standard InChI is InChI=1S/C15H28N2O.ClH/c16-11-4-2-1-3-10-15(18)17-12-6-8-13-7-5-9-14(13)17;/h13-14H,1-12,16H2;1H. The molecule has 0 radical (unpaired) electrons. The number of amides is 1. The van der Waals surface area contributed by atoms with E-state index in [1.165, 1.54) is 38.5 Å². The van der Waals surface area contributed by atoms with Crippen LogP contribution in [0.25, 0.3) is 0 Å². The number of halogens is 1. The van der Waals surface area contributed by atoms with Crippen molar-refractivity contribution in [1.29, 1.82) is 0 Å². The number of hydrogen-bond acceptors (Lipinski definition) is 2. The molecule has 112 valence electrons. The van der Waals surface area contributed by atoms with Gasteiger partial charge in [-0.2, -0.15) is 0 Å². The van der Waals surface area contributed by atoms with Gasteiger partial charge in [-0.1, -0.05) is 19.3 Å². The van der Waals surface area contributed by atoms with Crippen molar-refractivity contribution in [2.75, 3.05) is 13.1 Å². The van der Waals surface area contributed by atoms with Crippen LogP contribution in [0, 0.1) is 5.92 Å². The van der Waals surface area contributed by atoms with Gasteiger partial charge in [0.1, 0.15) is 0 Å². The highest BCUT2D eigenvalue weighted by atomic mass is 35.5. The smallest absolute Gasteiger partial charge is 0.222 e. The fourth-order valence-electron chi connectivity index (χ4n) is 3.68. The lowest BCUT2D eigenvalue weighted by atomic mass is 9.91. The van der Waals surface area contributed by atoms with Gasteiger partial charge < -0.3 is 10.6 Å². The van der Waals surface area contributed by atoms with E-state index in [-0.39, 0.29) is 12.4 Å². The van der Waals surface area contributed by atoms with Gasteiger partial charge in [0.15, 0.2) is 0 Å². The maximum Gasteiger partial charge on any atom is 0.222 e. The van der Waals surface area contributed by atoms with Crippen molar-refractivity contribution < 1.29 is 4.79 Å². The Morgan fingerprint density at radius 1 is 1.05 bits per heavy atom. The average Bonchev–Trinajstić information content (AvgIpc) is 2.86. The number of carbonyl (C=O) groups excluding carboxylic acids is 1. The molecular weight excluding hydrogens is 260 g/mol. The number of fused-ring (bicyclic) bond motifs is 1. The third-order valence-electron chi connectivity index (χ3n) is 4.66. The first-order valence-corrected chi connectivity index (χ1v) is 7.82. The minimum absolute atomic E-state index is 0. The van der Waals surface area contributed by atoms with Crippen molar-refractivity contribution in [2.24, 2.45) is 11.7 Å². The maximum absolute atomic E-state index is 12.3. The van der Waals surface area contributed by atoms with E-state index in [1.807, 2.05) is 0 Å². The fraction of sp³-hybridized carbons (Fsp3) is 0.933. The number of rotatable bonds is 6. The van der Waals surface area contributed by atoms with Crippen LogP contribution < -0.4 is 5.73 Å². The summed E-state index contributed by atoms with van der Waals surface area (Å²) in [5.74, 6) is 1.24. The van der Waals surface area contributed by atoms with Crippen LogP contribution in [0.1, 0.15) is 64.2 Å². The largest absolute Gasteiger partial charge is 0.339 e. The fourth-order valence-corrected chi connectivity index (χ4v) is 3.68. The summed E-state index contributed by atoms with van der Waals surface area (Å²) in [6, 6.07) is 0.593. The molecule has 1 saturated heterocycles. The number of hydrogen-bond donors (Lipinski definition) is 1. The Labute approximate surface area is 123 Å². The van der Waals surface area contributed by atoms with Crippen molar-refractivity contribution in [2.45, 2.75) is 70.3 Å². The molecule has 0 aromatic heterocycles. The molecule has 3 nitrogen and oxygen atoms in total. The Bertz CT molecular complexity index is 273. The molecule has 0 aromatic rings. The first kappa shape index (κ1) is 16.8. The highest BCUT2D eigenvalue weighted by Gasteiger charge is 2.36.